The van der Waals surface area contributed by atoms with Gasteiger partial charge in [0.1, 0.15) is 6.04 Å². The van der Waals surface area contributed by atoms with Crippen molar-refractivity contribution in [2.24, 2.45) is 0 Å². The first kappa shape index (κ1) is 37.4. The van der Waals surface area contributed by atoms with Gasteiger partial charge in [0.05, 0.1) is 25.9 Å². The highest BCUT2D eigenvalue weighted by molar-refractivity contribution is 5.83. The zero-order valence-corrected chi connectivity index (χ0v) is 30.2. The van der Waals surface area contributed by atoms with Gasteiger partial charge in [-0.2, -0.15) is 0 Å². The average molecular weight is 714 g/mol. The number of urea groups is 1. The standard InChI is InChI=1S/C44H47N3O6/c1-47(28-32-13-7-4-8-14-32)29-39-26-41(35-21-19-33(30-48)20-22-35)53-43(52-39)38-18-10-17-37(25-38)36-16-9-15-34(23-36)27-45-44(50)46-40(42(49)51-2)24-31-11-5-3-6-12-31/h3-23,25,39-41,43,48H,24,26-30H2,1-2H3,(H2,45,46,50)/t39-,40-,41+,43+/m0/s1. The smallest absolute Gasteiger partial charge is 0.328 e. The van der Waals surface area contributed by atoms with Crippen LogP contribution in [0.2, 0.25) is 0 Å². The molecular weight excluding hydrogens is 666 g/mol. The van der Waals surface area contributed by atoms with Crippen molar-refractivity contribution >= 4 is 12.0 Å². The van der Waals surface area contributed by atoms with Crippen LogP contribution in [0.25, 0.3) is 11.1 Å². The van der Waals surface area contributed by atoms with E-state index in [0.717, 1.165) is 52.0 Å². The minimum Gasteiger partial charge on any atom is -0.467 e. The van der Waals surface area contributed by atoms with Crippen molar-refractivity contribution in [1.29, 1.82) is 0 Å². The summed E-state index contributed by atoms with van der Waals surface area (Å²) in [6.07, 6.45) is 0.160. The van der Waals surface area contributed by atoms with Crippen LogP contribution in [0, 0.1) is 0 Å². The van der Waals surface area contributed by atoms with Gasteiger partial charge < -0.3 is 30.0 Å². The zero-order valence-electron chi connectivity index (χ0n) is 30.2. The number of hydrogen-bond donors (Lipinski definition) is 3. The SMILES string of the molecule is COC(=O)[C@H](Cc1ccccc1)NC(=O)NCc1cccc(-c2cccc([C@@H]3O[C@H](CN(C)Cc4ccccc4)C[C@H](c4ccc(CO)cc4)O3)c2)c1. The van der Waals surface area contributed by atoms with Crippen LogP contribution in [-0.2, 0) is 45.1 Å². The highest BCUT2D eigenvalue weighted by Crippen LogP contribution is 2.39. The molecule has 0 radical (unpaired) electrons. The maximum Gasteiger partial charge on any atom is 0.328 e. The summed E-state index contributed by atoms with van der Waals surface area (Å²) in [5.41, 5.74) is 7.84. The van der Waals surface area contributed by atoms with Gasteiger partial charge in [-0.25, -0.2) is 9.59 Å². The van der Waals surface area contributed by atoms with E-state index >= 15 is 0 Å². The first-order valence-corrected chi connectivity index (χ1v) is 18.0. The van der Waals surface area contributed by atoms with Crippen molar-refractivity contribution in [2.75, 3.05) is 20.7 Å². The van der Waals surface area contributed by atoms with E-state index in [-0.39, 0.29) is 25.4 Å². The maximum absolute atomic E-state index is 12.9. The number of likely N-dealkylation sites (N-methyl/N-ethyl adjacent to an activating group) is 1. The molecule has 1 aliphatic rings. The Bertz CT molecular complexity index is 1920. The predicted octanol–water partition coefficient (Wildman–Crippen LogP) is 7.11. The summed E-state index contributed by atoms with van der Waals surface area (Å²) in [5.74, 6) is -0.506. The van der Waals surface area contributed by atoms with Crippen molar-refractivity contribution in [3.05, 3.63) is 167 Å². The Balaban J connectivity index is 1.14. The molecule has 3 N–H and O–H groups in total. The molecule has 9 nitrogen and oxygen atoms in total. The van der Waals surface area contributed by atoms with Crippen LogP contribution in [0.4, 0.5) is 4.79 Å². The molecule has 0 spiro atoms. The summed E-state index contributed by atoms with van der Waals surface area (Å²) in [6, 6.07) is 42.7. The van der Waals surface area contributed by atoms with Crippen LogP contribution in [-0.4, -0.2) is 54.9 Å². The van der Waals surface area contributed by atoms with E-state index in [1.54, 1.807) is 0 Å². The van der Waals surface area contributed by atoms with Crippen LogP contribution in [0.5, 0.6) is 0 Å². The number of amides is 2. The molecule has 0 aromatic heterocycles. The number of carbonyl (C=O) groups is 2. The highest BCUT2D eigenvalue weighted by Gasteiger charge is 2.33. The second kappa shape index (κ2) is 18.4. The van der Waals surface area contributed by atoms with Gasteiger partial charge in [0.2, 0.25) is 0 Å². The molecule has 274 valence electrons. The normalized spacial score (nSPS) is 17.5. The summed E-state index contributed by atoms with van der Waals surface area (Å²) in [6.45, 7) is 1.80. The maximum atomic E-state index is 12.9. The van der Waals surface area contributed by atoms with E-state index in [1.165, 1.54) is 12.7 Å². The van der Waals surface area contributed by atoms with E-state index in [0.29, 0.717) is 12.8 Å². The van der Waals surface area contributed by atoms with E-state index < -0.39 is 24.3 Å². The Labute approximate surface area is 311 Å². The number of nitrogens with one attached hydrogen (secondary N) is 2. The van der Waals surface area contributed by atoms with Crippen molar-refractivity contribution in [1.82, 2.24) is 15.5 Å². The van der Waals surface area contributed by atoms with Gasteiger partial charge in [0, 0.05) is 38.0 Å². The fourth-order valence-corrected chi connectivity index (χ4v) is 6.64. The second-order valence-electron chi connectivity index (χ2n) is 13.5. The minimum absolute atomic E-state index is 0.00762. The van der Waals surface area contributed by atoms with Crippen LogP contribution in [0.1, 0.15) is 52.2 Å². The van der Waals surface area contributed by atoms with Crippen LogP contribution in [0.3, 0.4) is 0 Å². The summed E-state index contributed by atoms with van der Waals surface area (Å²) < 4.78 is 18.2. The first-order valence-electron chi connectivity index (χ1n) is 18.0. The highest BCUT2D eigenvalue weighted by atomic mass is 16.7. The molecule has 1 saturated heterocycles. The minimum atomic E-state index is -0.816. The monoisotopic (exact) mass is 713 g/mol. The molecule has 0 aliphatic carbocycles. The van der Waals surface area contributed by atoms with Crippen LogP contribution < -0.4 is 10.6 Å². The molecule has 0 bridgehead atoms. The molecule has 5 aromatic carbocycles. The lowest BCUT2D eigenvalue weighted by Gasteiger charge is -2.38. The fraction of sp³-hybridized carbons (Fsp3) is 0.273. The number of ether oxygens (including phenoxy) is 3. The summed E-state index contributed by atoms with van der Waals surface area (Å²) in [7, 11) is 3.42. The van der Waals surface area contributed by atoms with Gasteiger partial charge in [-0.05, 0) is 58.1 Å². The Kier molecular flexibility index (Phi) is 13.0. The van der Waals surface area contributed by atoms with Gasteiger partial charge >= 0.3 is 12.0 Å². The molecule has 9 heteroatoms. The van der Waals surface area contributed by atoms with Gasteiger partial charge in [-0.3, -0.25) is 4.90 Å². The van der Waals surface area contributed by atoms with Crippen molar-refractivity contribution < 1.29 is 28.9 Å². The molecule has 5 aromatic rings. The third-order valence-corrected chi connectivity index (χ3v) is 9.37. The van der Waals surface area contributed by atoms with E-state index in [1.807, 2.05) is 103 Å². The van der Waals surface area contributed by atoms with E-state index in [9.17, 15) is 14.7 Å². The van der Waals surface area contributed by atoms with E-state index in [4.69, 9.17) is 14.2 Å². The molecule has 6 rings (SSSR count). The topological polar surface area (TPSA) is 109 Å². The molecule has 0 saturated carbocycles. The van der Waals surface area contributed by atoms with Crippen molar-refractivity contribution in [3.8, 4) is 11.1 Å². The lowest BCUT2D eigenvalue weighted by Crippen LogP contribution is -2.47. The number of hydrogen-bond acceptors (Lipinski definition) is 7. The molecular formula is C44H47N3O6. The Morgan fingerprint density at radius 1 is 0.774 bits per heavy atom. The predicted molar refractivity (Wildman–Crippen MR) is 204 cm³/mol. The number of nitrogens with zero attached hydrogens (tertiary/aromatic N) is 1. The van der Waals surface area contributed by atoms with Gasteiger partial charge in [-0.15, -0.1) is 0 Å². The first-order chi connectivity index (χ1) is 25.9. The summed E-state index contributed by atoms with van der Waals surface area (Å²) >= 11 is 0. The van der Waals surface area contributed by atoms with Crippen molar-refractivity contribution in [2.45, 2.75) is 57.1 Å². The Morgan fingerprint density at radius 3 is 2.13 bits per heavy atom. The molecule has 53 heavy (non-hydrogen) atoms. The molecule has 0 unspecified atom stereocenters. The molecule has 4 atom stereocenters. The van der Waals surface area contributed by atoms with Crippen LogP contribution >= 0.6 is 0 Å². The zero-order chi connectivity index (χ0) is 37.0. The molecule has 1 fully saturated rings. The van der Waals surface area contributed by atoms with Gasteiger partial charge in [-0.1, -0.05) is 121 Å². The van der Waals surface area contributed by atoms with Crippen molar-refractivity contribution in [3.63, 3.8) is 0 Å². The number of carbonyl (C=O) groups excluding carboxylic acids is 2. The largest absolute Gasteiger partial charge is 0.467 e. The van der Waals surface area contributed by atoms with Gasteiger partial charge in [0.25, 0.3) is 0 Å². The lowest BCUT2D eigenvalue weighted by atomic mass is 9.98. The third-order valence-electron chi connectivity index (χ3n) is 9.37. The lowest BCUT2D eigenvalue weighted by molar-refractivity contribution is -0.252. The molecule has 1 heterocycles. The van der Waals surface area contributed by atoms with E-state index in [2.05, 4.69) is 52.9 Å². The number of benzene rings is 5. The van der Waals surface area contributed by atoms with Gasteiger partial charge in [0.15, 0.2) is 6.29 Å². The third kappa shape index (κ3) is 10.6. The fourth-order valence-electron chi connectivity index (χ4n) is 6.64. The molecule has 1 aliphatic heterocycles. The Hall–Kier alpha value is -5.32. The number of aliphatic hydroxyl groups is 1. The second-order valence-corrected chi connectivity index (χ2v) is 13.5. The van der Waals surface area contributed by atoms with Crippen LogP contribution in [0.15, 0.2) is 133 Å². The number of esters is 1. The summed E-state index contributed by atoms with van der Waals surface area (Å²) in [4.78, 5) is 27.6. The number of methoxy groups -OCH3 is 1. The summed E-state index contributed by atoms with van der Waals surface area (Å²) in [5, 5.41) is 15.2. The quantitative estimate of drug-likeness (QED) is 0.105. The average Bonchev–Trinajstić information content (AvgIpc) is 3.20. The number of rotatable bonds is 14. The number of aliphatic hydroxyl groups excluding tert-OH is 1. The Morgan fingerprint density at radius 2 is 1.43 bits per heavy atom. The molecule has 2 amide bonds.